The molecule has 1 saturated carbocycles. The third-order valence-corrected chi connectivity index (χ3v) is 4.03. The number of nitrogens with zero attached hydrogens (tertiary/aromatic N) is 2. The second-order valence-electron chi connectivity index (χ2n) is 4.55. The molecule has 19 heavy (non-hydrogen) atoms. The molecule has 0 unspecified atom stereocenters. The molecule has 2 amide bonds. The molecule has 0 saturated heterocycles. The number of nitrogens with two attached hydrogens (primary N) is 1. The highest BCUT2D eigenvalue weighted by Crippen LogP contribution is 2.24. The summed E-state index contributed by atoms with van der Waals surface area (Å²) < 4.78 is 22.3. The Hall–Kier alpha value is -1.67. The van der Waals surface area contributed by atoms with E-state index in [1.807, 2.05) is 0 Å². The third-order valence-electron chi connectivity index (χ3n) is 3.22. The Kier molecular flexibility index (Phi) is 3.72. The van der Waals surface area contributed by atoms with Crippen molar-refractivity contribution in [3.8, 4) is 0 Å². The van der Waals surface area contributed by atoms with Crippen LogP contribution in [0.25, 0.3) is 0 Å². The van der Waals surface area contributed by atoms with Crippen molar-refractivity contribution in [2.45, 2.75) is 30.3 Å². The van der Waals surface area contributed by atoms with Crippen LogP contribution in [-0.2, 0) is 10.0 Å². The molecule has 1 aromatic rings. The molecule has 1 aliphatic carbocycles. The Morgan fingerprint density at radius 2 is 2.21 bits per heavy atom. The highest BCUT2D eigenvalue weighted by Gasteiger charge is 2.25. The molecule has 0 aromatic carbocycles. The summed E-state index contributed by atoms with van der Waals surface area (Å²) in [6, 6.07) is 2.75. The molecule has 3 N–H and O–H groups in total. The predicted octanol–water partition coefficient (Wildman–Crippen LogP) is 0.745. The molecule has 0 bridgehead atoms. The van der Waals surface area contributed by atoms with Crippen molar-refractivity contribution in [1.29, 1.82) is 0 Å². The fourth-order valence-electron chi connectivity index (χ4n) is 1.79. The van der Waals surface area contributed by atoms with Gasteiger partial charge in [0.15, 0.2) is 5.03 Å². The summed E-state index contributed by atoms with van der Waals surface area (Å²) in [5.74, 6) is 0. The van der Waals surface area contributed by atoms with Gasteiger partial charge in [0.05, 0.1) is 0 Å². The van der Waals surface area contributed by atoms with Gasteiger partial charge in [0.25, 0.3) is 10.0 Å². The maximum Gasteiger partial charge on any atom is 0.321 e. The molecule has 0 spiro atoms. The van der Waals surface area contributed by atoms with Crippen LogP contribution in [0.4, 0.5) is 10.5 Å². The molecule has 0 atom stereocenters. The van der Waals surface area contributed by atoms with Crippen LogP contribution < -0.4 is 10.5 Å². The Bertz CT molecular complexity index is 583. The largest absolute Gasteiger partial charge is 0.325 e. The van der Waals surface area contributed by atoms with Gasteiger partial charge in [-0.1, -0.05) is 0 Å². The lowest BCUT2D eigenvalue weighted by Crippen LogP contribution is -2.43. The fourth-order valence-corrected chi connectivity index (χ4v) is 2.29. The molecule has 1 fully saturated rings. The Morgan fingerprint density at radius 3 is 2.74 bits per heavy atom. The summed E-state index contributed by atoms with van der Waals surface area (Å²) in [5.41, 5.74) is 0.357. The molecule has 7 nitrogen and oxygen atoms in total. The summed E-state index contributed by atoms with van der Waals surface area (Å²) in [6.45, 7) is 0. The van der Waals surface area contributed by atoms with Gasteiger partial charge in [-0.05, 0) is 25.3 Å². The monoisotopic (exact) mass is 284 g/mol. The number of pyridine rings is 1. The summed E-state index contributed by atoms with van der Waals surface area (Å²) in [6.07, 6.45) is 4.43. The molecule has 1 aliphatic rings. The van der Waals surface area contributed by atoms with E-state index < -0.39 is 10.0 Å². The summed E-state index contributed by atoms with van der Waals surface area (Å²) in [4.78, 5) is 17.2. The molecule has 1 heterocycles. The zero-order chi connectivity index (χ0) is 14.0. The van der Waals surface area contributed by atoms with Crippen LogP contribution in [0.5, 0.6) is 0 Å². The SMILES string of the molecule is CN(C(=O)Nc1ccnc(S(N)(=O)=O)c1)C1CCC1. The smallest absolute Gasteiger partial charge is 0.321 e. The minimum atomic E-state index is -3.87. The zero-order valence-corrected chi connectivity index (χ0v) is 11.4. The number of primary sulfonamides is 1. The molecule has 1 aromatic heterocycles. The van der Waals surface area contributed by atoms with Crippen molar-refractivity contribution in [2.75, 3.05) is 12.4 Å². The number of sulfonamides is 1. The molecule has 2 rings (SSSR count). The van der Waals surface area contributed by atoms with Crippen LogP contribution >= 0.6 is 0 Å². The van der Waals surface area contributed by atoms with Gasteiger partial charge in [-0.3, -0.25) is 0 Å². The molecular weight excluding hydrogens is 268 g/mol. The van der Waals surface area contributed by atoms with Crippen molar-refractivity contribution >= 4 is 21.7 Å². The second-order valence-corrected chi connectivity index (χ2v) is 6.06. The second kappa shape index (κ2) is 5.14. The average molecular weight is 284 g/mol. The Labute approximate surface area is 111 Å². The molecular formula is C11H16N4O3S. The number of hydrogen-bond acceptors (Lipinski definition) is 4. The fraction of sp³-hybridized carbons (Fsp3) is 0.455. The number of amides is 2. The van der Waals surface area contributed by atoms with E-state index in [1.165, 1.54) is 18.3 Å². The van der Waals surface area contributed by atoms with Gasteiger partial charge in [0.2, 0.25) is 0 Å². The van der Waals surface area contributed by atoms with E-state index in [-0.39, 0.29) is 17.1 Å². The highest BCUT2D eigenvalue weighted by atomic mass is 32.2. The molecule has 0 radical (unpaired) electrons. The molecule has 0 aliphatic heterocycles. The first-order valence-corrected chi connectivity index (χ1v) is 7.45. The van der Waals surface area contributed by atoms with Gasteiger partial charge in [-0.15, -0.1) is 0 Å². The lowest BCUT2D eigenvalue weighted by molar-refractivity contribution is 0.169. The molecule has 8 heteroatoms. The zero-order valence-electron chi connectivity index (χ0n) is 10.5. The number of urea groups is 1. The lowest BCUT2D eigenvalue weighted by Gasteiger charge is -2.34. The van der Waals surface area contributed by atoms with E-state index in [0.717, 1.165) is 19.3 Å². The van der Waals surface area contributed by atoms with E-state index >= 15 is 0 Å². The van der Waals surface area contributed by atoms with Crippen LogP contribution in [0.15, 0.2) is 23.4 Å². The first-order valence-electron chi connectivity index (χ1n) is 5.90. The number of nitrogens with one attached hydrogen (secondary N) is 1. The maximum atomic E-state index is 11.9. The van der Waals surface area contributed by atoms with Crippen LogP contribution in [0.2, 0.25) is 0 Å². The van der Waals surface area contributed by atoms with E-state index in [1.54, 1.807) is 11.9 Å². The van der Waals surface area contributed by atoms with Crippen molar-refractivity contribution < 1.29 is 13.2 Å². The normalized spacial score (nSPS) is 15.7. The van der Waals surface area contributed by atoms with Crippen LogP contribution in [-0.4, -0.2) is 37.4 Å². The maximum absolute atomic E-state index is 11.9. The van der Waals surface area contributed by atoms with Crippen LogP contribution in [0, 0.1) is 0 Å². The number of rotatable bonds is 3. The van der Waals surface area contributed by atoms with Crippen LogP contribution in [0.1, 0.15) is 19.3 Å². The van der Waals surface area contributed by atoms with E-state index in [4.69, 9.17) is 5.14 Å². The van der Waals surface area contributed by atoms with Gasteiger partial charge in [-0.25, -0.2) is 23.3 Å². The first kappa shape index (κ1) is 13.8. The Morgan fingerprint density at radius 1 is 1.53 bits per heavy atom. The van der Waals surface area contributed by atoms with E-state index in [2.05, 4.69) is 10.3 Å². The predicted molar refractivity (Wildman–Crippen MR) is 70.0 cm³/mol. The number of hydrogen-bond donors (Lipinski definition) is 2. The standard InChI is InChI=1S/C11H16N4O3S/c1-15(9-3-2-4-9)11(16)14-8-5-6-13-10(7-8)19(12,17)18/h5-7,9H,2-4H2,1H3,(H2,12,17,18)(H,13,14,16). The van der Waals surface area contributed by atoms with Crippen molar-refractivity contribution in [3.63, 3.8) is 0 Å². The highest BCUT2D eigenvalue weighted by molar-refractivity contribution is 7.89. The van der Waals surface area contributed by atoms with Crippen molar-refractivity contribution in [2.24, 2.45) is 5.14 Å². The summed E-state index contributed by atoms with van der Waals surface area (Å²) in [5, 5.41) is 7.34. The summed E-state index contributed by atoms with van der Waals surface area (Å²) in [7, 11) is -2.14. The van der Waals surface area contributed by atoms with Gasteiger partial charge < -0.3 is 10.2 Å². The first-order chi connectivity index (χ1) is 8.88. The Balaban J connectivity index is 2.08. The molecule has 104 valence electrons. The van der Waals surface area contributed by atoms with Crippen molar-refractivity contribution in [1.82, 2.24) is 9.88 Å². The minimum Gasteiger partial charge on any atom is -0.325 e. The number of carbonyl (C=O) groups is 1. The number of anilines is 1. The minimum absolute atomic E-state index is 0.263. The quantitative estimate of drug-likeness (QED) is 0.854. The van der Waals surface area contributed by atoms with Gasteiger partial charge in [0, 0.05) is 31.0 Å². The van der Waals surface area contributed by atoms with Gasteiger partial charge in [0.1, 0.15) is 0 Å². The third kappa shape index (κ3) is 3.21. The van der Waals surface area contributed by atoms with Crippen molar-refractivity contribution in [3.05, 3.63) is 18.3 Å². The number of aromatic nitrogens is 1. The van der Waals surface area contributed by atoms with Crippen LogP contribution in [0.3, 0.4) is 0 Å². The van der Waals surface area contributed by atoms with E-state index in [0.29, 0.717) is 5.69 Å². The lowest BCUT2D eigenvalue weighted by atomic mass is 9.92. The topological polar surface area (TPSA) is 105 Å². The average Bonchev–Trinajstić information content (AvgIpc) is 2.25. The van der Waals surface area contributed by atoms with E-state index in [9.17, 15) is 13.2 Å². The van der Waals surface area contributed by atoms with Gasteiger partial charge >= 0.3 is 6.03 Å². The van der Waals surface area contributed by atoms with Gasteiger partial charge in [-0.2, -0.15) is 0 Å². The summed E-state index contributed by atoms with van der Waals surface area (Å²) >= 11 is 0. The number of carbonyl (C=O) groups excluding carboxylic acids is 1.